The molecule has 0 fully saturated rings. The highest BCUT2D eigenvalue weighted by Gasteiger charge is 2.32. The molecule has 4 nitrogen and oxygen atoms in total. The first-order valence-electron chi connectivity index (χ1n) is 5.97. The number of alkyl halides is 3. The fraction of sp³-hybridized carbons (Fsp3) is 0.0714. The summed E-state index contributed by atoms with van der Waals surface area (Å²) in [6.07, 6.45) is -1.51. The Hall–Kier alpha value is -2.70. The van der Waals surface area contributed by atoms with Crippen LogP contribution >= 0.6 is 0 Å². The predicted octanol–water partition coefficient (Wildman–Crippen LogP) is 3.00. The second-order valence-corrected chi connectivity index (χ2v) is 4.39. The summed E-state index contributed by atoms with van der Waals surface area (Å²) in [5.41, 5.74) is -1.73. The van der Waals surface area contributed by atoms with Crippen molar-refractivity contribution < 1.29 is 13.2 Å². The first-order chi connectivity index (χ1) is 9.95. The van der Waals surface area contributed by atoms with Crippen LogP contribution in [-0.2, 0) is 6.18 Å². The van der Waals surface area contributed by atoms with Crippen molar-refractivity contribution in [3.8, 4) is 11.3 Å². The zero-order valence-electron chi connectivity index (χ0n) is 10.5. The largest absolute Gasteiger partial charge is 0.431 e. The van der Waals surface area contributed by atoms with Crippen molar-refractivity contribution in [1.82, 2.24) is 15.0 Å². The quantitative estimate of drug-likeness (QED) is 0.749. The van der Waals surface area contributed by atoms with Crippen LogP contribution < -0.4 is 5.69 Å². The van der Waals surface area contributed by atoms with E-state index in [1.165, 1.54) is 6.20 Å². The molecule has 21 heavy (non-hydrogen) atoms. The monoisotopic (exact) mass is 291 g/mol. The minimum absolute atomic E-state index is 0.0251. The third-order valence-corrected chi connectivity index (χ3v) is 3.01. The van der Waals surface area contributed by atoms with Gasteiger partial charge in [-0.15, -0.1) is 0 Å². The molecule has 1 aromatic carbocycles. The van der Waals surface area contributed by atoms with E-state index in [1.807, 2.05) is 0 Å². The Morgan fingerprint density at radius 1 is 1.14 bits per heavy atom. The fourth-order valence-corrected chi connectivity index (χ4v) is 2.09. The normalized spacial score (nSPS) is 11.8. The summed E-state index contributed by atoms with van der Waals surface area (Å²) in [6.45, 7) is 0. The van der Waals surface area contributed by atoms with Crippen molar-refractivity contribution in [2.24, 2.45) is 0 Å². The van der Waals surface area contributed by atoms with Gasteiger partial charge in [0.2, 0.25) is 0 Å². The summed E-state index contributed by atoms with van der Waals surface area (Å²) >= 11 is 0. The number of nitrogens with zero attached hydrogens (tertiary/aromatic N) is 2. The van der Waals surface area contributed by atoms with Gasteiger partial charge in [-0.2, -0.15) is 18.2 Å². The highest BCUT2D eigenvalue weighted by atomic mass is 19.4. The van der Waals surface area contributed by atoms with Gasteiger partial charge in [-0.3, -0.25) is 4.98 Å². The van der Waals surface area contributed by atoms with E-state index in [4.69, 9.17) is 0 Å². The number of aromatic nitrogens is 3. The second kappa shape index (κ2) is 4.69. The van der Waals surface area contributed by atoms with Gasteiger partial charge in [-0.1, -0.05) is 18.2 Å². The molecule has 0 saturated heterocycles. The molecule has 0 radical (unpaired) electrons. The molecule has 0 amide bonds. The molecule has 0 atom stereocenters. The Kier molecular flexibility index (Phi) is 2.97. The minimum Gasteiger partial charge on any atom is -0.302 e. The molecular formula is C14H8F3N3O. The van der Waals surface area contributed by atoms with Gasteiger partial charge < -0.3 is 4.98 Å². The molecule has 0 saturated carbocycles. The van der Waals surface area contributed by atoms with Crippen molar-refractivity contribution in [3.05, 3.63) is 58.9 Å². The van der Waals surface area contributed by atoms with Crippen LogP contribution in [-0.4, -0.2) is 15.0 Å². The van der Waals surface area contributed by atoms with Gasteiger partial charge in [0, 0.05) is 23.3 Å². The van der Waals surface area contributed by atoms with E-state index in [0.717, 1.165) is 11.5 Å². The van der Waals surface area contributed by atoms with Crippen molar-refractivity contribution in [2.45, 2.75) is 6.18 Å². The Morgan fingerprint density at radius 2 is 1.95 bits per heavy atom. The molecule has 0 aliphatic rings. The van der Waals surface area contributed by atoms with Crippen LogP contribution in [0.4, 0.5) is 13.2 Å². The van der Waals surface area contributed by atoms with Crippen molar-refractivity contribution in [3.63, 3.8) is 0 Å². The van der Waals surface area contributed by atoms with Gasteiger partial charge in [-0.25, -0.2) is 4.79 Å². The summed E-state index contributed by atoms with van der Waals surface area (Å²) < 4.78 is 38.3. The van der Waals surface area contributed by atoms with E-state index in [1.54, 1.807) is 35.4 Å². The zero-order chi connectivity index (χ0) is 15.0. The van der Waals surface area contributed by atoms with Crippen LogP contribution in [0.5, 0.6) is 0 Å². The second-order valence-electron chi connectivity index (χ2n) is 4.39. The van der Waals surface area contributed by atoms with E-state index < -0.39 is 17.6 Å². The van der Waals surface area contributed by atoms with Crippen LogP contribution in [0.2, 0.25) is 0 Å². The van der Waals surface area contributed by atoms with Gasteiger partial charge in [0.05, 0.1) is 5.69 Å². The highest BCUT2D eigenvalue weighted by Crippen LogP contribution is 2.31. The number of halogens is 3. The average Bonchev–Trinajstić information content (AvgIpc) is 2.45. The van der Waals surface area contributed by atoms with Crippen molar-refractivity contribution in [2.75, 3.05) is 0 Å². The zero-order valence-corrected chi connectivity index (χ0v) is 10.5. The lowest BCUT2D eigenvalue weighted by Crippen LogP contribution is -2.19. The van der Waals surface area contributed by atoms with Gasteiger partial charge in [0.1, 0.15) is 5.69 Å². The molecular weight excluding hydrogens is 283 g/mol. The number of fused-ring (bicyclic) bond motifs is 1. The maximum absolute atomic E-state index is 12.8. The number of benzene rings is 1. The third-order valence-electron chi connectivity index (χ3n) is 3.01. The Balaban J connectivity index is 2.29. The maximum Gasteiger partial charge on any atom is 0.431 e. The molecule has 7 heteroatoms. The van der Waals surface area contributed by atoms with Crippen LogP contribution in [0.3, 0.4) is 0 Å². The number of H-pyrrole nitrogens is 1. The van der Waals surface area contributed by atoms with Gasteiger partial charge in [0.15, 0.2) is 0 Å². The molecule has 1 N–H and O–H groups in total. The Bertz CT molecular complexity index is 866. The van der Waals surface area contributed by atoms with Gasteiger partial charge in [-0.05, 0) is 17.5 Å². The number of nitrogens with one attached hydrogen (secondary N) is 1. The van der Waals surface area contributed by atoms with Crippen LogP contribution in [0, 0.1) is 0 Å². The molecule has 3 rings (SSSR count). The first kappa shape index (κ1) is 13.3. The van der Waals surface area contributed by atoms with E-state index in [2.05, 4.69) is 9.97 Å². The number of aromatic amines is 1. The fourth-order valence-electron chi connectivity index (χ4n) is 2.09. The number of rotatable bonds is 1. The summed E-state index contributed by atoms with van der Waals surface area (Å²) in [5.74, 6) is 0. The number of hydrogen-bond acceptors (Lipinski definition) is 3. The van der Waals surface area contributed by atoms with Crippen molar-refractivity contribution >= 4 is 10.8 Å². The molecule has 2 aromatic heterocycles. The lowest BCUT2D eigenvalue weighted by atomic mass is 10.0. The lowest BCUT2D eigenvalue weighted by Gasteiger charge is -2.09. The topological polar surface area (TPSA) is 58.6 Å². The SMILES string of the molecule is O=c1nc(-c2cccc3cnccc23)cc(C(F)(F)F)[nH]1. The summed E-state index contributed by atoms with van der Waals surface area (Å²) in [7, 11) is 0. The molecule has 0 aliphatic carbocycles. The van der Waals surface area contributed by atoms with E-state index in [-0.39, 0.29) is 5.69 Å². The van der Waals surface area contributed by atoms with Crippen LogP contribution in [0.15, 0.2) is 47.5 Å². The standard InChI is InChI=1S/C14H8F3N3O/c15-14(16,17)12-6-11(19-13(21)20-12)10-3-1-2-8-7-18-5-4-9(8)10/h1-7H,(H,19,20,21). The summed E-state index contributed by atoms with van der Waals surface area (Å²) in [6, 6.07) is 7.57. The Labute approximate surface area is 116 Å². The summed E-state index contributed by atoms with van der Waals surface area (Å²) in [4.78, 5) is 20.7. The number of pyridine rings is 1. The third kappa shape index (κ3) is 2.49. The van der Waals surface area contributed by atoms with Crippen LogP contribution in [0.25, 0.3) is 22.0 Å². The maximum atomic E-state index is 12.8. The minimum atomic E-state index is -4.64. The first-order valence-corrected chi connectivity index (χ1v) is 5.97. The smallest absolute Gasteiger partial charge is 0.302 e. The Morgan fingerprint density at radius 3 is 2.71 bits per heavy atom. The molecule has 0 unspecified atom stereocenters. The van der Waals surface area contributed by atoms with Crippen LogP contribution in [0.1, 0.15) is 5.69 Å². The summed E-state index contributed by atoms with van der Waals surface area (Å²) in [5, 5.41) is 1.43. The molecule has 3 aromatic rings. The van der Waals surface area contributed by atoms with E-state index in [9.17, 15) is 18.0 Å². The van der Waals surface area contributed by atoms with E-state index in [0.29, 0.717) is 10.9 Å². The highest BCUT2D eigenvalue weighted by molar-refractivity contribution is 5.95. The molecule has 2 heterocycles. The lowest BCUT2D eigenvalue weighted by molar-refractivity contribution is -0.141. The molecule has 0 aliphatic heterocycles. The molecule has 0 bridgehead atoms. The predicted molar refractivity (Wildman–Crippen MR) is 70.6 cm³/mol. The van der Waals surface area contributed by atoms with E-state index >= 15 is 0 Å². The molecule has 0 spiro atoms. The number of hydrogen-bond donors (Lipinski definition) is 1. The molecule has 106 valence electrons. The van der Waals surface area contributed by atoms with Gasteiger partial charge >= 0.3 is 11.9 Å². The van der Waals surface area contributed by atoms with Gasteiger partial charge in [0.25, 0.3) is 0 Å². The average molecular weight is 291 g/mol. The van der Waals surface area contributed by atoms with Crippen molar-refractivity contribution in [1.29, 1.82) is 0 Å².